The number of hydrogen-bond acceptors (Lipinski definition) is 4. The van der Waals surface area contributed by atoms with E-state index in [2.05, 4.69) is 15.4 Å². The lowest BCUT2D eigenvalue weighted by Crippen LogP contribution is -2.29. The first-order valence-corrected chi connectivity index (χ1v) is 9.95. The van der Waals surface area contributed by atoms with Gasteiger partial charge in [-0.2, -0.15) is 13.2 Å². The highest BCUT2D eigenvalue weighted by Crippen LogP contribution is 2.46. The van der Waals surface area contributed by atoms with E-state index in [1.807, 2.05) is 0 Å². The van der Waals surface area contributed by atoms with Crippen LogP contribution in [0.2, 0.25) is 0 Å². The predicted molar refractivity (Wildman–Crippen MR) is 104 cm³/mol. The molecular weight excluding hydrogens is 416 g/mol. The molecule has 2 saturated carbocycles. The number of ether oxygens (including phenoxy) is 1. The number of anilines is 1. The molecule has 2 aromatic rings. The Hall–Kier alpha value is -2.94. The van der Waals surface area contributed by atoms with Crippen LogP contribution in [0.4, 0.5) is 23.2 Å². The van der Waals surface area contributed by atoms with Crippen molar-refractivity contribution in [2.75, 3.05) is 11.9 Å². The van der Waals surface area contributed by atoms with Crippen molar-refractivity contribution in [2.24, 2.45) is 5.92 Å². The average molecular weight is 436 g/mol. The minimum Gasteiger partial charge on any atom is -0.419 e. The zero-order valence-electron chi connectivity index (χ0n) is 16.3. The van der Waals surface area contributed by atoms with Crippen molar-refractivity contribution in [3.8, 4) is 5.75 Å². The number of rotatable bonds is 7. The smallest absolute Gasteiger partial charge is 0.419 e. The van der Waals surface area contributed by atoms with Gasteiger partial charge in [0.25, 0.3) is 5.91 Å². The van der Waals surface area contributed by atoms with Crippen molar-refractivity contribution in [2.45, 2.75) is 37.4 Å². The van der Waals surface area contributed by atoms with Crippen molar-refractivity contribution in [1.29, 1.82) is 0 Å². The molecule has 4 rings (SSSR count). The van der Waals surface area contributed by atoms with Crippen LogP contribution in [0.3, 0.4) is 0 Å². The van der Waals surface area contributed by atoms with Gasteiger partial charge in [0.05, 0.1) is 5.56 Å². The Morgan fingerprint density at radius 2 is 1.81 bits per heavy atom. The fourth-order valence-electron chi connectivity index (χ4n) is 3.49. The first-order chi connectivity index (χ1) is 14.7. The number of esters is 1. The lowest BCUT2D eigenvalue weighted by molar-refractivity contribution is -0.189. The molecule has 2 unspecified atom stereocenters. The van der Waals surface area contributed by atoms with E-state index in [0.29, 0.717) is 11.5 Å². The fraction of sp³-hybridized carbons (Fsp3) is 0.364. The Morgan fingerprint density at radius 3 is 2.52 bits per heavy atom. The molecule has 5 nitrogen and oxygen atoms in total. The highest BCUT2D eigenvalue weighted by Gasteiger charge is 2.43. The summed E-state index contributed by atoms with van der Waals surface area (Å²) in [6, 6.07) is 9.48. The number of carbonyl (C=O) groups is 2. The topological polar surface area (TPSA) is 67.4 Å². The fourth-order valence-corrected chi connectivity index (χ4v) is 3.49. The van der Waals surface area contributed by atoms with Crippen LogP contribution < -0.4 is 15.4 Å². The van der Waals surface area contributed by atoms with Gasteiger partial charge < -0.3 is 15.4 Å². The maximum absolute atomic E-state index is 14.6. The quantitative estimate of drug-likeness (QED) is 0.384. The number of hydrogen-bond donors (Lipinski definition) is 2. The van der Waals surface area contributed by atoms with E-state index in [1.165, 1.54) is 49.2 Å². The molecule has 0 bridgehead atoms. The minimum atomic E-state index is -5.20. The Kier molecular flexibility index (Phi) is 5.70. The SMILES string of the molecule is O=C(Nc1cccc(F)c1C1CC1NCC1CC1)c1ccccc1OC(=O)C(F)(F)F. The van der Waals surface area contributed by atoms with Gasteiger partial charge in [0.1, 0.15) is 11.6 Å². The van der Waals surface area contributed by atoms with E-state index < -0.39 is 29.6 Å². The summed E-state index contributed by atoms with van der Waals surface area (Å²) in [6.07, 6.45) is -2.07. The van der Waals surface area contributed by atoms with Gasteiger partial charge in [0.15, 0.2) is 0 Å². The molecule has 1 amide bonds. The second kappa shape index (κ2) is 8.30. The first-order valence-electron chi connectivity index (χ1n) is 9.95. The summed E-state index contributed by atoms with van der Waals surface area (Å²) in [5.74, 6) is -3.65. The maximum atomic E-state index is 14.6. The van der Waals surface area contributed by atoms with Gasteiger partial charge in [0, 0.05) is 23.2 Å². The number of amides is 1. The molecule has 2 aliphatic carbocycles. The second-order valence-corrected chi connectivity index (χ2v) is 7.84. The normalized spacial score (nSPS) is 20.3. The van der Waals surface area contributed by atoms with Crippen LogP contribution in [-0.2, 0) is 4.79 Å². The largest absolute Gasteiger partial charge is 0.491 e. The summed E-state index contributed by atoms with van der Waals surface area (Å²) in [6.45, 7) is 0.884. The average Bonchev–Trinajstić information content (AvgIpc) is 3.62. The molecule has 2 aliphatic rings. The molecule has 2 aromatic carbocycles. The van der Waals surface area contributed by atoms with E-state index in [1.54, 1.807) is 0 Å². The van der Waals surface area contributed by atoms with Crippen LogP contribution in [0.5, 0.6) is 5.75 Å². The van der Waals surface area contributed by atoms with Crippen molar-refractivity contribution in [1.82, 2.24) is 5.32 Å². The first kappa shape index (κ1) is 21.3. The maximum Gasteiger partial charge on any atom is 0.491 e. The van der Waals surface area contributed by atoms with Gasteiger partial charge in [-0.15, -0.1) is 0 Å². The molecule has 31 heavy (non-hydrogen) atoms. The highest BCUT2D eigenvalue weighted by atomic mass is 19.4. The minimum absolute atomic E-state index is 0.103. The zero-order valence-corrected chi connectivity index (χ0v) is 16.3. The van der Waals surface area contributed by atoms with E-state index in [0.717, 1.165) is 19.0 Å². The van der Waals surface area contributed by atoms with Crippen LogP contribution in [0.15, 0.2) is 42.5 Å². The summed E-state index contributed by atoms with van der Waals surface area (Å²) in [4.78, 5) is 23.9. The molecule has 0 radical (unpaired) electrons. The Morgan fingerprint density at radius 1 is 1.06 bits per heavy atom. The van der Waals surface area contributed by atoms with Crippen molar-refractivity contribution >= 4 is 17.6 Å². The number of para-hydroxylation sites is 1. The summed E-state index contributed by atoms with van der Waals surface area (Å²) >= 11 is 0. The zero-order chi connectivity index (χ0) is 22.2. The predicted octanol–water partition coefficient (Wildman–Crippen LogP) is 4.40. The summed E-state index contributed by atoms with van der Waals surface area (Å²) in [5.41, 5.74) is 0.325. The number of halogens is 4. The number of nitrogens with one attached hydrogen (secondary N) is 2. The standard InChI is InChI=1S/C22H20F4N2O3/c23-15-5-3-6-16(19(15)14-10-17(14)27-11-12-8-9-12)28-20(29)13-4-1-2-7-18(13)31-21(30)22(24,25)26/h1-7,12,14,17,27H,8-11H2,(H,28,29). The molecule has 0 saturated heterocycles. The molecule has 2 fully saturated rings. The van der Waals surface area contributed by atoms with E-state index >= 15 is 0 Å². The molecule has 0 spiro atoms. The summed E-state index contributed by atoms with van der Waals surface area (Å²) < 4.78 is 56.6. The Labute approximate surface area is 175 Å². The molecule has 0 heterocycles. The number of carbonyl (C=O) groups excluding carboxylic acids is 2. The van der Waals surface area contributed by atoms with Gasteiger partial charge in [0.2, 0.25) is 0 Å². The van der Waals surface area contributed by atoms with E-state index in [9.17, 15) is 27.2 Å². The van der Waals surface area contributed by atoms with Gasteiger partial charge in [-0.05, 0) is 56.0 Å². The van der Waals surface area contributed by atoms with Crippen LogP contribution in [0, 0.1) is 11.7 Å². The summed E-state index contributed by atoms with van der Waals surface area (Å²) in [7, 11) is 0. The second-order valence-electron chi connectivity index (χ2n) is 7.84. The molecule has 2 atom stereocenters. The monoisotopic (exact) mass is 436 g/mol. The van der Waals surface area contributed by atoms with Gasteiger partial charge in [-0.1, -0.05) is 18.2 Å². The molecule has 0 aromatic heterocycles. The van der Waals surface area contributed by atoms with Crippen molar-refractivity contribution < 1.29 is 31.9 Å². The summed E-state index contributed by atoms with van der Waals surface area (Å²) in [5, 5.41) is 5.97. The van der Waals surface area contributed by atoms with Gasteiger partial charge in [-0.25, -0.2) is 9.18 Å². The highest BCUT2D eigenvalue weighted by molar-refractivity contribution is 6.07. The molecule has 0 aliphatic heterocycles. The van der Waals surface area contributed by atoms with Crippen molar-refractivity contribution in [3.05, 3.63) is 59.4 Å². The Balaban J connectivity index is 1.51. The third kappa shape index (κ3) is 5.04. The lowest BCUT2D eigenvalue weighted by Gasteiger charge is -2.14. The Bertz CT molecular complexity index is 1000. The van der Waals surface area contributed by atoms with E-state index in [-0.39, 0.29) is 23.2 Å². The van der Waals surface area contributed by atoms with Gasteiger partial charge >= 0.3 is 12.1 Å². The molecule has 164 valence electrons. The van der Waals surface area contributed by atoms with Crippen LogP contribution in [0.1, 0.15) is 41.1 Å². The van der Waals surface area contributed by atoms with E-state index in [4.69, 9.17) is 0 Å². The molecule has 2 N–H and O–H groups in total. The number of benzene rings is 2. The van der Waals surface area contributed by atoms with Crippen LogP contribution in [0.25, 0.3) is 0 Å². The van der Waals surface area contributed by atoms with Crippen LogP contribution >= 0.6 is 0 Å². The molecular formula is C22H20F4N2O3. The third-order valence-electron chi connectivity index (χ3n) is 5.39. The lowest BCUT2D eigenvalue weighted by atomic mass is 10.1. The number of alkyl halides is 3. The third-order valence-corrected chi connectivity index (χ3v) is 5.39. The van der Waals surface area contributed by atoms with Gasteiger partial charge in [-0.3, -0.25) is 4.79 Å². The van der Waals surface area contributed by atoms with Crippen LogP contribution in [-0.4, -0.2) is 30.6 Å². The van der Waals surface area contributed by atoms with Crippen molar-refractivity contribution in [3.63, 3.8) is 0 Å². The molecule has 9 heteroatoms.